The molecule has 2 heterocycles. The second-order valence-electron chi connectivity index (χ2n) is 3.86. The average Bonchev–Trinajstić information content (AvgIpc) is 2.31. The van der Waals surface area contributed by atoms with Crippen LogP contribution in [0.4, 0.5) is 9.18 Å². The number of hydrogen-bond donors (Lipinski definition) is 1. The Morgan fingerprint density at radius 1 is 1.63 bits per heavy atom. The number of aliphatic imine (C=N–C) groups is 1. The van der Waals surface area contributed by atoms with Crippen molar-refractivity contribution in [1.82, 2.24) is 4.98 Å². The van der Waals surface area contributed by atoms with Gasteiger partial charge >= 0.3 is 6.09 Å². The van der Waals surface area contributed by atoms with Gasteiger partial charge in [0.1, 0.15) is 5.54 Å². The molecule has 5 nitrogen and oxygen atoms in total. The van der Waals surface area contributed by atoms with Gasteiger partial charge in [-0.05, 0) is 52.2 Å². The standard InChI is InChI=1S/C11H9BrFN3O2S/c1-11(7-4-6(12)5-15-8(7)13)2-3-19-10(16-11)18-9(14)17/h2-5H,1H3,(H2,14,17). The molecule has 0 saturated carbocycles. The average molecular weight is 346 g/mol. The summed E-state index contributed by atoms with van der Waals surface area (Å²) < 4.78 is 19.2. The van der Waals surface area contributed by atoms with Crippen LogP contribution in [0.5, 0.6) is 0 Å². The lowest BCUT2D eigenvalue weighted by Gasteiger charge is -2.25. The Hall–Kier alpha value is -1.41. The minimum absolute atomic E-state index is 0.0666. The van der Waals surface area contributed by atoms with Gasteiger partial charge in [-0.15, -0.1) is 0 Å². The number of primary amides is 1. The van der Waals surface area contributed by atoms with Crippen LogP contribution in [0, 0.1) is 5.95 Å². The van der Waals surface area contributed by atoms with Crippen molar-refractivity contribution in [3.63, 3.8) is 0 Å². The van der Waals surface area contributed by atoms with Crippen LogP contribution in [-0.4, -0.2) is 16.3 Å². The molecule has 0 spiro atoms. The Balaban J connectivity index is 2.43. The highest BCUT2D eigenvalue weighted by molar-refractivity contribution is 9.10. The van der Waals surface area contributed by atoms with E-state index in [2.05, 4.69) is 25.9 Å². The molecule has 0 fully saturated rings. The normalized spacial score (nSPS) is 21.9. The van der Waals surface area contributed by atoms with Gasteiger partial charge in [-0.1, -0.05) is 0 Å². The van der Waals surface area contributed by atoms with Crippen LogP contribution in [0.3, 0.4) is 0 Å². The first kappa shape index (κ1) is 14.0. The second kappa shape index (κ2) is 5.30. The van der Waals surface area contributed by atoms with Crippen LogP contribution in [0.2, 0.25) is 0 Å². The summed E-state index contributed by atoms with van der Waals surface area (Å²) in [6.07, 6.45) is 2.09. The molecule has 100 valence electrons. The fourth-order valence-electron chi connectivity index (χ4n) is 1.54. The lowest BCUT2D eigenvalue weighted by atomic mass is 9.94. The Morgan fingerprint density at radius 3 is 3.05 bits per heavy atom. The van der Waals surface area contributed by atoms with Crippen molar-refractivity contribution in [3.05, 3.63) is 39.7 Å². The fourth-order valence-corrected chi connectivity index (χ4v) is 2.69. The molecule has 1 atom stereocenters. The van der Waals surface area contributed by atoms with Gasteiger partial charge in [0.2, 0.25) is 5.95 Å². The predicted molar refractivity (Wildman–Crippen MR) is 74.1 cm³/mol. The summed E-state index contributed by atoms with van der Waals surface area (Å²) >= 11 is 4.32. The zero-order valence-electron chi connectivity index (χ0n) is 9.76. The number of carbonyl (C=O) groups is 1. The first-order chi connectivity index (χ1) is 8.90. The van der Waals surface area contributed by atoms with E-state index in [1.165, 1.54) is 6.20 Å². The van der Waals surface area contributed by atoms with Crippen molar-refractivity contribution in [1.29, 1.82) is 0 Å². The van der Waals surface area contributed by atoms with Crippen LogP contribution in [-0.2, 0) is 10.3 Å². The van der Waals surface area contributed by atoms with Crippen LogP contribution in [0.25, 0.3) is 0 Å². The molecule has 2 N–H and O–H groups in total. The molecular formula is C11H9BrFN3O2S. The van der Waals surface area contributed by atoms with E-state index in [0.29, 0.717) is 4.47 Å². The van der Waals surface area contributed by atoms with Gasteiger partial charge < -0.3 is 10.5 Å². The molecule has 1 aromatic rings. The number of rotatable bonds is 1. The van der Waals surface area contributed by atoms with Gasteiger partial charge in [0.25, 0.3) is 5.23 Å². The summed E-state index contributed by atoms with van der Waals surface area (Å²) in [4.78, 5) is 18.5. The van der Waals surface area contributed by atoms with Crippen LogP contribution >= 0.6 is 27.7 Å². The van der Waals surface area contributed by atoms with Crippen molar-refractivity contribution in [2.24, 2.45) is 10.7 Å². The summed E-state index contributed by atoms with van der Waals surface area (Å²) in [5, 5.41) is 1.72. The summed E-state index contributed by atoms with van der Waals surface area (Å²) in [6, 6.07) is 1.58. The molecule has 0 radical (unpaired) electrons. The lowest BCUT2D eigenvalue weighted by Crippen LogP contribution is -2.25. The Kier molecular flexibility index (Phi) is 3.91. The Morgan fingerprint density at radius 2 is 2.37 bits per heavy atom. The van der Waals surface area contributed by atoms with Gasteiger partial charge in [0, 0.05) is 16.2 Å². The van der Waals surface area contributed by atoms with E-state index < -0.39 is 17.6 Å². The van der Waals surface area contributed by atoms with Crippen molar-refractivity contribution >= 4 is 39.0 Å². The lowest BCUT2D eigenvalue weighted by molar-refractivity contribution is 0.209. The van der Waals surface area contributed by atoms with E-state index in [1.807, 2.05) is 0 Å². The summed E-state index contributed by atoms with van der Waals surface area (Å²) in [7, 11) is 0. The molecule has 0 aliphatic carbocycles. The number of halogens is 2. The smallest absolute Gasteiger partial charge is 0.385 e. The summed E-state index contributed by atoms with van der Waals surface area (Å²) in [6.45, 7) is 1.68. The summed E-state index contributed by atoms with van der Waals surface area (Å²) in [5.41, 5.74) is 4.20. The zero-order chi connectivity index (χ0) is 14.0. The monoisotopic (exact) mass is 345 g/mol. The number of aromatic nitrogens is 1. The van der Waals surface area contributed by atoms with Crippen molar-refractivity contribution in [2.75, 3.05) is 0 Å². The SMILES string of the molecule is CC1(c2cc(Br)cnc2F)C=CSC(OC(N)=O)=N1. The van der Waals surface area contributed by atoms with Gasteiger partial charge in [0.05, 0.1) is 0 Å². The minimum atomic E-state index is -1.00. The number of thioether (sulfide) groups is 1. The quantitative estimate of drug-likeness (QED) is 0.793. The van der Waals surface area contributed by atoms with Crippen LogP contribution < -0.4 is 5.73 Å². The zero-order valence-corrected chi connectivity index (χ0v) is 12.2. The highest BCUT2D eigenvalue weighted by Crippen LogP contribution is 2.35. The van der Waals surface area contributed by atoms with Crippen molar-refractivity contribution < 1.29 is 13.9 Å². The van der Waals surface area contributed by atoms with Crippen LogP contribution in [0.1, 0.15) is 12.5 Å². The van der Waals surface area contributed by atoms with Gasteiger partial charge in [-0.3, -0.25) is 0 Å². The van der Waals surface area contributed by atoms with E-state index in [1.54, 1.807) is 24.5 Å². The fraction of sp³-hybridized carbons (Fsp3) is 0.182. The number of amides is 1. The minimum Gasteiger partial charge on any atom is -0.385 e. The number of ether oxygens (including phenoxy) is 1. The maximum Gasteiger partial charge on any atom is 0.411 e. The van der Waals surface area contributed by atoms with Gasteiger partial charge in [-0.2, -0.15) is 4.39 Å². The first-order valence-electron chi connectivity index (χ1n) is 5.14. The third kappa shape index (κ3) is 3.13. The molecule has 8 heteroatoms. The number of carbonyl (C=O) groups excluding carboxylic acids is 1. The predicted octanol–water partition coefficient (Wildman–Crippen LogP) is 2.91. The van der Waals surface area contributed by atoms with E-state index >= 15 is 0 Å². The largest absolute Gasteiger partial charge is 0.411 e. The number of nitrogens with two attached hydrogens (primary N) is 1. The molecule has 0 saturated heterocycles. The van der Waals surface area contributed by atoms with E-state index in [4.69, 9.17) is 10.5 Å². The topological polar surface area (TPSA) is 77.6 Å². The number of hydrogen-bond acceptors (Lipinski definition) is 5. The van der Waals surface area contributed by atoms with Gasteiger partial charge in [-0.25, -0.2) is 14.8 Å². The first-order valence-corrected chi connectivity index (χ1v) is 6.81. The van der Waals surface area contributed by atoms with Crippen molar-refractivity contribution in [3.8, 4) is 0 Å². The van der Waals surface area contributed by atoms with E-state index in [9.17, 15) is 9.18 Å². The van der Waals surface area contributed by atoms with Crippen molar-refractivity contribution in [2.45, 2.75) is 12.5 Å². The molecule has 1 amide bonds. The molecule has 19 heavy (non-hydrogen) atoms. The molecule has 1 aliphatic rings. The van der Waals surface area contributed by atoms with E-state index in [-0.39, 0.29) is 10.8 Å². The van der Waals surface area contributed by atoms with E-state index in [0.717, 1.165) is 11.8 Å². The molecule has 0 aromatic carbocycles. The molecule has 1 aliphatic heterocycles. The summed E-state index contributed by atoms with van der Waals surface area (Å²) in [5.74, 6) is -0.635. The number of pyridine rings is 1. The molecular weight excluding hydrogens is 337 g/mol. The Bertz CT molecular complexity index is 593. The second-order valence-corrected chi connectivity index (χ2v) is 5.63. The third-order valence-electron chi connectivity index (χ3n) is 2.42. The van der Waals surface area contributed by atoms with Gasteiger partial charge in [0.15, 0.2) is 0 Å². The number of nitrogens with zero attached hydrogens (tertiary/aromatic N) is 2. The Labute approximate surface area is 121 Å². The molecule has 0 bridgehead atoms. The maximum absolute atomic E-state index is 13.8. The third-order valence-corrected chi connectivity index (χ3v) is 3.51. The molecule has 1 aromatic heterocycles. The molecule has 1 unspecified atom stereocenters. The van der Waals surface area contributed by atoms with Crippen LogP contribution in [0.15, 0.2) is 33.2 Å². The molecule has 2 rings (SSSR count). The maximum atomic E-state index is 13.8. The highest BCUT2D eigenvalue weighted by Gasteiger charge is 2.31. The highest BCUT2D eigenvalue weighted by atomic mass is 79.9.